The van der Waals surface area contributed by atoms with Gasteiger partial charge in [0, 0.05) is 48.6 Å². The average molecular weight is 425 g/mol. The normalized spacial score (nSPS) is 20.0. The summed E-state index contributed by atoms with van der Waals surface area (Å²) >= 11 is 0. The Hall–Kier alpha value is -2.31. The van der Waals surface area contributed by atoms with E-state index in [-0.39, 0.29) is 16.8 Å². The van der Waals surface area contributed by atoms with Gasteiger partial charge >= 0.3 is 0 Å². The van der Waals surface area contributed by atoms with Crippen LogP contribution < -0.4 is 0 Å². The number of aryl methyl sites for hydroxylation is 2. The molecule has 4 rings (SSSR count). The molecule has 2 aromatic heterocycles. The maximum atomic E-state index is 13.5. The first-order chi connectivity index (χ1) is 14.8. The van der Waals surface area contributed by atoms with Crippen LogP contribution in [0.5, 0.6) is 0 Å². The van der Waals surface area contributed by atoms with Gasteiger partial charge in [0.15, 0.2) is 0 Å². The fourth-order valence-corrected chi connectivity index (χ4v) is 4.71. The molecule has 0 aliphatic carbocycles. The predicted octanol–water partition coefficient (Wildman–Crippen LogP) is 4.93. The number of hydrogen-bond donors (Lipinski definition) is 0. The van der Waals surface area contributed by atoms with Gasteiger partial charge in [-0.2, -0.15) is 0 Å². The van der Waals surface area contributed by atoms with Crippen LogP contribution in [0.1, 0.15) is 44.9 Å². The highest BCUT2D eigenvalue weighted by atomic mass is 19.1. The van der Waals surface area contributed by atoms with E-state index in [1.165, 1.54) is 17.7 Å². The highest BCUT2D eigenvalue weighted by molar-refractivity contribution is 5.75. The molecule has 6 heteroatoms. The fraction of sp³-hybridized carbons (Fsp3) is 0.520. The minimum Gasteiger partial charge on any atom is -0.381 e. The smallest absolute Gasteiger partial charge is 0.125 e. The summed E-state index contributed by atoms with van der Waals surface area (Å²) in [5, 5.41) is 0. The van der Waals surface area contributed by atoms with E-state index in [0.717, 1.165) is 56.9 Å². The van der Waals surface area contributed by atoms with Crippen molar-refractivity contribution in [1.82, 2.24) is 19.4 Å². The molecule has 0 saturated carbocycles. The highest BCUT2D eigenvalue weighted by Crippen LogP contribution is 2.41. The van der Waals surface area contributed by atoms with Gasteiger partial charge in [0.1, 0.15) is 5.82 Å². The van der Waals surface area contributed by atoms with E-state index in [9.17, 15) is 4.39 Å². The lowest BCUT2D eigenvalue weighted by atomic mass is 9.84. The topological polar surface area (TPSA) is 43.2 Å². The first-order valence-corrected chi connectivity index (χ1v) is 11.2. The predicted molar refractivity (Wildman–Crippen MR) is 121 cm³/mol. The number of benzene rings is 1. The summed E-state index contributed by atoms with van der Waals surface area (Å²) in [4.78, 5) is 11.5. The van der Waals surface area contributed by atoms with Gasteiger partial charge in [-0.3, -0.25) is 9.88 Å². The number of nitrogens with zero attached hydrogens (tertiary/aromatic N) is 4. The Kier molecular flexibility index (Phi) is 6.13. The molecule has 0 radical (unpaired) electrons. The van der Waals surface area contributed by atoms with Crippen molar-refractivity contribution in [2.45, 2.75) is 52.6 Å². The van der Waals surface area contributed by atoms with Crippen molar-refractivity contribution in [3.05, 3.63) is 59.9 Å². The van der Waals surface area contributed by atoms with Crippen molar-refractivity contribution in [2.75, 3.05) is 26.3 Å². The number of halogens is 1. The lowest BCUT2D eigenvalue weighted by molar-refractivity contribution is 0.0360. The van der Waals surface area contributed by atoms with Gasteiger partial charge in [0.25, 0.3) is 0 Å². The monoisotopic (exact) mass is 424 g/mol. The van der Waals surface area contributed by atoms with Crippen molar-refractivity contribution in [3.8, 4) is 0 Å². The lowest BCUT2D eigenvalue weighted by Crippen LogP contribution is -2.42. The summed E-state index contributed by atoms with van der Waals surface area (Å²) in [5.74, 6) is -0.246. The third-order valence-corrected chi connectivity index (χ3v) is 6.93. The zero-order valence-electron chi connectivity index (χ0n) is 19.1. The molecule has 0 spiro atoms. The van der Waals surface area contributed by atoms with Crippen LogP contribution in [0.2, 0.25) is 0 Å². The largest absolute Gasteiger partial charge is 0.381 e. The van der Waals surface area contributed by atoms with Crippen molar-refractivity contribution in [1.29, 1.82) is 0 Å². The van der Waals surface area contributed by atoms with Gasteiger partial charge < -0.3 is 9.30 Å². The number of ether oxygens (including phenoxy) is 1. The molecule has 1 saturated heterocycles. The Morgan fingerprint density at radius 2 is 2.03 bits per heavy atom. The van der Waals surface area contributed by atoms with Gasteiger partial charge in [0.2, 0.25) is 0 Å². The molecule has 166 valence electrons. The molecule has 1 atom stereocenters. The fourth-order valence-electron chi connectivity index (χ4n) is 4.71. The van der Waals surface area contributed by atoms with Crippen molar-refractivity contribution in [3.63, 3.8) is 0 Å². The molecule has 3 heterocycles. The van der Waals surface area contributed by atoms with E-state index in [0.29, 0.717) is 5.52 Å². The second kappa shape index (κ2) is 8.67. The van der Waals surface area contributed by atoms with E-state index in [1.807, 2.05) is 25.5 Å². The van der Waals surface area contributed by atoms with E-state index in [2.05, 4.69) is 52.3 Å². The Morgan fingerprint density at radius 3 is 2.77 bits per heavy atom. The van der Waals surface area contributed by atoms with Crippen molar-refractivity contribution >= 4 is 11.0 Å². The molecule has 1 aliphatic rings. The standard InChI is InChI=1S/C25H33FN4O/c1-5-31-17-25(10-12-29-18-28-22-14-21(26)8-9-23(22)29)11-13-30(16-25)24(3,4)20-7-6-19(2)27-15-20/h6-9,14-15,18H,5,10-13,16-17H2,1-4H3/t25-/m0/s1. The highest BCUT2D eigenvalue weighted by Gasteiger charge is 2.43. The number of likely N-dealkylation sites (tertiary alicyclic amines) is 1. The maximum Gasteiger partial charge on any atom is 0.125 e. The average Bonchev–Trinajstić information content (AvgIpc) is 3.36. The zero-order chi connectivity index (χ0) is 22.1. The van der Waals surface area contributed by atoms with Crippen LogP contribution in [0, 0.1) is 18.2 Å². The Labute approximate surface area is 184 Å². The molecule has 0 unspecified atom stereocenters. The second-order valence-corrected chi connectivity index (χ2v) is 9.38. The lowest BCUT2D eigenvalue weighted by Gasteiger charge is -2.38. The van der Waals surface area contributed by atoms with E-state index in [1.54, 1.807) is 0 Å². The van der Waals surface area contributed by atoms with Gasteiger partial charge in [0.05, 0.1) is 24.0 Å². The Bertz CT molecular complexity index is 1030. The van der Waals surface area contributed by atoms with Crippen LogP contribution in [-0.4, -0.2) is 45.7 Å². The Balaban J connectivity index is 1.52. The van der Waals surface area contributed by atoms with Crippen molar-refractivity contribution in [2.24, 2.45) is 5.41 Å². The van der Waals surface area contributed by atoms with Crippen LogP contribution >= 0.6 is 0 Å². The van der Waals surface area contributed by atoms with Crippen LogP contribution in [-0.2, 0) is 16.8 Å². The SMILES string of the molecule is CCOC[C@@]1(CCn2cnc3cc(F)ccc32)CCN(C(C)(C)c2ccc(C)nc2)C1. The molecule has 0 amide bonds. The number of rotatable bonds is 8. The van der Waals surface area contributed by atoms with Gasteiger partial charge in [-0.05, 0) is 70.8 Å². The number of aromatic nitrogens is 3. The minimum atomic E-state index is -0.246. The van der Waals surface area contributed by atoms with Crippen LogP contribution in [0.4, 0.5) is 4.39 Å². The van der Waals surface area contributed by atoms with Gasteiger partial charge in [-0.25, -0.2) is 9.37 Å². The minimum absolute atomic E-state index is 0.0853. The number of imidazole rings is 1. The molecule has 3 aromatic rings. The second-order valence-electron chi connectivity index (χ2n) is 9.38. The summed E-state index contributed by atoms with van der Waals surface area (Å²) in [6, 6.07) is 9.11. The van der Waals surface area contributed by atoms with Crippen LogP contribution in [0.3, 0.4) is 0 Å². The van der Waals surface area contributed by atoms with Crippen LogP contribution in [0.25, 0.3) is 11.0 Å². The maximum absolute atomic E-state index is 13.5. The summed E-state index contributed by atoms with van der Waals surface area (Å²) in [5.41, 5.74) is 3.97. The van der Waals surface area contributed by atoms with Crippen LogP contribution in [0.15, 0.2) is 42.9 Å². The Morgan fingerprint density at radius 1 is 1.19 bits per heavy atom. The van der Waals surface area contributed by atoms with E-state index < -0.39 is 0 Å². The third-order valence-electron chi connectivity index (χ3n) is 6.93. The molecular weight excluding hydrogens is 391 g/mol. The van der Waals surface area contributed by atoms with E-state index >= 15 is 0 Å². The molecule has 0 N–H and O–H groups in total. The van der Waals surface area contributed by atoms with Crippen molar-refractivity contribution < 1.29 is 9.13 Å². The first-order valence-electron chi connectivity index (χ1n) is 11.2. The van der Waals surface area contributed by atoms with E-state index in [4.69, 9.17) is 4.74 Å². The summed E-state index contributed by atoms with van der Waals surface area (Å²) in [6.07, 6.45) is 5.92. The summed E-state index contributed by atoms with van der Waals surface area (Å²) < 4.78 is 21.6. The summed E-state index contributed by atoms with van der Waals surface area (Å²) in [7, 11) is 0. The van der Waals surface area contributed by atoms with Gasteiger partial charge in [-0.1, -0.05) is 6.07 Å². The molecule has 5 nitrogen and oxygen atoms in total. The first kappa shape index (κ1) is 21.9. The zero-order valence-corrected chi connectivity index (χ0v) is 19.1. The molecule has 1 aliphatic heterocycles. The third kappa shape index (κ3) is 4.51. The summed E-state index contributed by atoms with van der Waals surface area (Å²) in [6.45, 7) is 13.0. The number of pyridine rings is 1. The number of hydrogen-bond acceptors (Lipinski definition) is 4. The number of fused-ring (bicyclic) bond motifs is 1. The quantitative estimate of drug-likeness (QED) is 0.514. The molecule has 1 fully saturated rings. The van der Waals surface area contributed by atoms with Gasteiger partial charge in [-0.15, -0.1) is 0 Å². The molecule has 0 bridgehead atoms. The molecular formula is C25H33FN4O. The molecule has 31 heavy (non-hydrogen) atoms. The molecule has 1 aromatic carbocycles.